The summed E-state index contributed by atoms with van der Waals surface area (Å²) in [7, 11) is 0. The summed E-state index contributed by atoms with van der Waals surface area (Å²) in [5, 5.41) is 22.6. The Labute approximate surface area is 384 Å². The van der Waals surface area contributed by atoms with Crippen molar-refractivity contribution in [2.24, 2.45) is 5.92 Å². The van der Waals surface area contributed by atoms with Crippen LogP contribution >= 0.6 is 0 Å². The lowest BCUT2D eigenvalue weighted by Gasteiger charge is -2.41. The van der Waals surface area contributed by atoms with Gasteiger partial charge in [0.05, 0.1) is 35.6 Å². The maximum absolute atomic E-state index is 4.14. The fourth-order valence-corrected chi connectivity index (χ4v) is 12.3. The van der Waals surface area contributed by atoms with Gasteiger partial charge in [-0.2, -0.15) is 0 Å². The largest absolute Gasteiger partial charge is 0.336 e. The zero-order chi connectivity index (χ0) is 43.3. The van der Waals surface area contributed by atoms with Crippen molar-refractivity contribution < 1.29 is 0 Å². The number of hydrogen-bond donors (Lipinski definition) is 3. The molecule has 5 atom stereocenters. The van der Waals surface area contributed by atoms with Crippen LogP contribution in [0.15, 0.2) is 188 Å². The third-order valence-electron chi connectivity index (χ3n) is 15.2. The summed E-state index contributed by atoms with van der Waals surface area (Å²) in [6.45, 7) is 0. The molecular formula is C61H49N5. The smallest absolute Gasteiger partial charge is 0.0885 e. The molecular weight excluding hydrogens is 803 g/mol. The first-order valence-corrected chi connectivity index (χ1v) is 23.8. The van der Waals surface area contributed by atoms with Gasteiger partial charge in [0.25, 0.3) is 0 Å². The van der Waals surface area contributed by atoms with E-state index in [1.165, 1.54) is 98.7 Å². The van der Waals surface area contributed by atoms with E-state index in [0.717, 1.165) is 19.3 Å². The minimum atomic E-state index is -0.196. The van der Waals surface area contributed by atoms with Gasteiger partial charge in [-0.3, -0.25) is 16.0 Å². The predicted molar refractivity (Wildman–Crippen MR) is 271 cm³/mol. The molecule has 5 nitrogen and oxygen atoms in total. The lowest BCUT2D eigenvalue weighted by Crippen LogP contribution is -2.54. The normalized spacial score (nSPS) is 23.4. The van der Waals surface area contributed by atoms with Crippen LogP contribution in [-0.4, -0.2) is 10.6 Å². The van der Waals surface area contributed by atoms with E-state index in [1.807, 2.05) is 0 Å². The van der Waals surface area contributed by atoms with Crippen molar-refractivity contribution in [2.75, 3.05) is 4.90 Å². The van der Waals surface area contributed by atoms with Gasteiger partial charge in [0.15, 0.2) is 0 Å². The standard InChI is InChI=1S/C61H49N5/c1-2-20-41-36-55-51(35-40(41)19-1)46-27-9-12-32-52(46)66(55)58-45-26-8-5-21-42(45)37-56-57(58)49-28-10-13-33-53(49)65(56)54-34-14-11-29-50(54)61-63-59(47-30-15-22-38-17-3-6-24-43(38)47)62-60(64-61)48-31-16-23-39-18-4-7-25-44(39)48/h1-12,14-25,27-32,34-37,45,51,55,59-64H,13,26,33H2. The first-order valence-electron chi connectivity index (χ1n) is 23.8. The SMILES string of the molecule is C1=CCC2C(=C1)C=c1c(c3c(n1-c1ccccc1C1NC(c4cccc5ccccc45)NC(c4cccc5ccccc45)N1)CCC=C3)=C2N1c2ccccc2C2C=c3ccccc3=CC21. The molecule has 3 heterocycles. The molecule has 5 unspecified atom stereocenters. The molecule has 66 heavy (non-hydrogen) atoms. The Hall–Kier alpha value is -7.28. The van der Waals surface area contributed by atoms with Gasteiger partial charge in [0.2, 0.25) is 0 Å². The van der Waals surface area contributed by atoms with Crippen LogP contribution in [0.5, 0.6) is 0 Å². The Morgan fingerprint density at radius 3 is 1.86 bits per heavy atom. The van der Waals surface area contributed by atoms with E-state index in [9.17, 15) is 0 Å². The van der Waals surface area contributed by atoms with Crippen LogP contribution < -0.4 is 41.9 Å². The number of benzene rings is 7. The molecule has 0 radical (unpaired) electrons. The summed E-state index contributed by atoms with van der Waals surface area (Å²) < 4.78 is 2.65. The Bertz CT molecular complexity index is 3580. The van der Waals surface area contributed by atoms with Crippen molar-refractivity contribution in [3.63, 3.8) is 0 Å². The molecule has 2 aliphatic heterocycles. The summed E-state index contributed by atoms with van der Waals surface area (Å²) in [6, 6.07) is 58.3. The highest BCUT2D eigenvalue weighted by Gasteiger charge is 2.43. The number of anilines is 1. The topological polar surface area (TPSA) is 44.3 Å². The molecule has 0 amide bonds. The number of hydrogen-bond acceptors (Lipinski definition) is 4. The minimum Gasteiger partial charge on any atom is -0.336 e. The van der Waals surface area contributed by atoms with Crippen molar-refractivity contribution in [1.82, 2.24) is 20.5 Å². The lowest BCUT2D eigenvalue weighted by atomic mass is 9.82. The molecule has 7 aromatic carbocycles. The highest BCUT2D eigenvalue weighted by molar-refractivity contribution is 5.89. The fraction of sp³-hybridized carbons (Fsp3) is 0.148. The number of aromatic nitrogens is 1. The van der Waals surface area contributed by atoms with Gasteiger partial charge in [-0.05, 0) is 91.7 Å². The molecule has 318 valence electrons. The maximum atomic E-state index is 4.14. The van der Waals surface area contributed by atoms with Gasteiger partial charge >= 0.3 is 0 Å². The summed E-state index contributed by atoms with van der Waals surface area (Å²) in [6.07, 6.45) is 21.9. The van der Waals surface area contributed by atoms with E-state index in [1.54, 1.807) is 0 Å². The Morgan fingerprint density at radius 1 is 0.530 bits per heavy atom. The molecule has 1 saturated heterocycles. The highest BCUT2D eigenvalue weighted by Crippen LogP contribution is 2.49. The van der Waals surface area contributed by atoms with Crippen LogP contribution in [0.4, 0.5) is 5.69 Å². The fourth-order valence-electron chi connectivity index (χ4n) is 12.3. The first-order chi connectivity index (χ1) is 32.7. The zero-order valence-corrected chi connectivity index (χ0v) is 36.6. The highest BCUT2D eigenvalue weighted by atomic mass is 15.4. The van der Waals surface area contributed by atoms with Gasteiger partial charge in [-0.25, -0.2) is 0 Å². The third-order valence-corrected chi connectivity index (χ3v) is 15.2. The van der Waals surface area contributed by atoms with Crippen molar-refractivity contribution in [3.05, 3.63) is 242 Å². The molecule has 1 fully saturated rings. The molecule has 14 rings (SSSR count). The van der Waals surface area contributed by atoms with Crippen LogP contribution in [0.25, 0.3) is 57.2 Å². The van der Waals surface area contributed by atoms with Crippen LogP contribution in [-0.2, 0) is 6.42 Å². The van der Waals surface area contributed by atoms with Crippen molar-refractivity contribution >= 4 is 57.2 Å². The van der Waals surface area contributed by atoms with Gasteiger partial charge < -0.3 is 9.47 Å². The average molecular weight is 852 g/mol. The lowest BCUT2D eigenvalue weighted by molar-refractivity contribution is 0.205. The summed E-state index contributed by atoms with van der Waals surface area (Å²) >= 11 is 0. The second kappa shape index (κ2) is 15.1. The van der Waals surface area contributed by atoms with Crippen molar-refractivity contribution in [1.29, 1.82) is 0 Å². The quantitative estimate of drug-likeness (QED) is 0.162. The maximum Gasteiger partial charge on any atom is 0.0885 e. The first kappa shape index (κ1) is 38.0. The molecule has 5 heteroatoms. The molecule has 3 N–H and O–H groups in total. The van der Waals surface area contributed by atoms with E-state index in [2.05, 4.69) is 232 Å². The number of rotatable bonds is 5. The minimum absolute atomic E-state index is 0.141. The van der Waals surface area contributed by atoms with E-state index in [0.29, 0.717) is 0 Å². The molecule has 0 spiro atoms. The van der Waals surface area contributed by atoms with E-state index in [-0.39, 0.29) is 36.4 Å². The monoisotopic (exact) mass is 851 g/mol. The van der Waals surface area contributed by atoms with Crippen molar-refractivity contribution in [2.45, 2.75) is 49.7 Å². The molecule has 0 bridgehead atoms. The molecule has 1 aromatic heterocycles. The van der Waals surface area contributed by atoms with Crippen LogP contribution in [0, 0.1) is 5.92 Å². The second-order valence-corrected chi connectivity index (χ2v) is 18.7. The van der Waals surface area contributed by atoms with Crippen molar-refractivity contribution in [3.8, 4) is 5.69 Å². The number of para-hydroxylation sites is 2. The molecule has 6 aliphatic rings. The van der Waals surface area contributed by atoms with Gasteiger partial charge in [0, 0.05) is 45.3 Å². The number of nitrogens with one attached hydrogen (secondary N) is 3. The summed E-state index contributed by atoms with van der Waals surface area (Å²) in [4.78, 5) is 2.76. The number of nitrogens with zero attached hydrogens (tertiary/aromatic N) is 2. The number of fused-ring (bicyclic) bond motifs is 10. The summed E-state index contributed by atoms with van der Waals surface area (Å²) in [5.41, 5.74) is 13.2. The Balaban J connectivity index is 0.993. The zero-order valence-electron chi connectivity index (χ0n) is 36.6. The van der Waals surface area contributed by atoms with Crippen LogP contribution in [0.2, 0.25) is 0 Å². The van der Waals surface area contributed by atoms with Gasteiger partial charge in [0.1, 0.15) is 0 Å². The number of allylic oxidation sites excluding steroid dienone is 4. The van der Waals surface area contributed by atoms with Gasteiger partial charge in [-0.15, -0.1) is 0 Å². The van der Waals surface area contributed by atoms with E-state index in [4.69, 9.17) is 0 Å². The van der Waals surface area contributed by atoms with Crippen LogP contribution in [0.3, 0.4) is 0 Å². The second-order valence-electron chi connectivity index (χ2n) is 18.7. The predicted octanol–water partition coefficient (Wildman–Crippen LogP) is 9.57. The Morgan fingerprint density at radius 2 is 1.12 bits per heavy atom. The van der Waals surface area contributed by atoms with Gasteiger partial charge in [-0.1, -0.05) is 188 Å². The molecule has 4 aliphatic carbocycles. The van der Waals surface area contributed by atoms with E-state index >= 15 is 0 Å². The molecule has 0 saturated carbocycles. The molecule has 8 aromatic rings. The summed E-state index contributed by atoms with van der Waals surface area (Å²) in [5.74, 6) is 0.501. The van der Waals surface area contributed by atoms with Crippen LogP contribution in [0.1, 0.15) is 70.8 Å². The third kappa shape index (κ3) is 5.84. The Kier molecular flexibility index (Phi) is 8.73. The van der Waals surface area contributed by atoms with E-state index < -0.39 is 0 Å². The average Bonchev–Trinajstić information content (AvgIpc) is 3.88.